The van der Waals surface area contributed by atoms with Crippen LogP contribution >= 0.6 is 11.3 Å². The number of nitrogens with one attached hydrogen (secondary N) is 1. The summed E-state index contributed by atoms with van der Waals surface area (Å²) in [5.74, 6) is -0.124. The molecule has 4 rings (SSSR count). The van der Waals surface area contributed by atoms with Crippen LogP contribution in [0.4, 0.5) is 5.69 Å². The average Bonchev–Trinajstić information content (AvgIpc) is 3.18. The maximum atomic E-state index is 12.6. The van der Waals surface area contributed by atoms with Gasteiger partial charge in [-0.05, 0) is 24.3 Å². The van der Waals surface area contributed by atoms with Gasteiger partial charge in [-0.2, -0.15) is 5.10 Å². The minimum Gasteiger partial charge on any atom is -0.308 e. The van der Waals surface area contributed by atoms with Gasteiger partial charge in [0.15, 0.2) is 0 Å². The number of fused-ring (bicyclic) bond motifs is 2. The SMILES string of the molecule is O=C(Cn1cnc2sccc2c1=O)N1CCCc2[nH]ncc21. The van der Waals surface area contributed by atoms with Crippen LogP contribution in [-0.2, 0) is 17.8 Å². The quantitative estimate of drug-likeness (QED) is 0.769. The Bertz CT molecular complexity index is 909. The second kappa shape index (κ2) is 5.06. The summed E-state index contributed by atoms with van der Waals surface area (Å²) in [6, 6.07) is 1.74. The molecule has 22 heavy (non-hydrogen) atoms. The summed E-state index contributed by atoms with van der Waals surface area (Å²) in [4.78, 5) is 31.5. The monoisotopic (exact) mass is 315 g/mol. The number of rotatable bonds is 2. The van der Waals surface area contributed by atoms with Gasteiger partial charge in [-0.1, -0.05) is 0 Å². The summed E-state index contributed by atoms with van der Waals surface area (Å²) in [7, 11) is 0. The van der Waals surface area contributed by atoms with Gasteiger partial charge in [0.25, 0.3) is 5.56 Å². The predicted octanol–water partition coefficient (Wildman–Crippen LogP) is 1.16. The molecule has 0 spiro atoms. The molecular weight excluding hydrogens is 302 g/mol. The van der Waals surface area contributed by atoms with Gasteiger partial charge in [-0.3, -0.25) is 19.3 Å². The van der Waals surface area contributed by atoms with Crippen LogP contribution in [-0.4, -0.2) is 32.2 Å². The topological polar surface area (TPSA) is 83.9 Å². The van der Waals surface area contributed by atoms with Crippen LogP contribution in [0.2, 0.25) is 0 Å². The zero-order valence-corrected chi connectivity index (χ0v) is 12.5. The number of amides is 1. The highest BCUT2D eigenvalue weighted by Gasteiger charge is 2.24. The van der Waals surface area contributed by atoms with Crippen molar-refractivity contribution in [1.29, 1.82) is 0 Å². The number of carbonyl (C=O) groups is 1. The summed E-state index contributed by atoms with van der Waals surface area (Å²) >= 11 is 1.42. The van der Waals surface area contributed by atoms with E-state index >= 15 is 0 Å². The van der Waals surface area contributed by atoms with Gasteiger partial charge in [-0.15, -0.1) is 11.3 Å². The molecular formula is C14H13N5O2S. The predicted molar refractivity (Wildman–Crippen MR) is 83.1 cm³/mol. The molecule has 0 fully saturated rings. The lowest BCUT2D eigenvalue weighted by Gasteiger charge is -2.26. The van der Waals surface area contributed by atoms with Crippen molar-refractivity contribution in [3.8, 4) is 0 Å². The normalized spacial score (nSPS) is 14.3. The lowest BCUT2D eigenvalue weighted by atomic mass is 10.1. The van der Waals surface area contributed by atoms with Gasteiger partial charge in [0.05, 0.1) is 29.3 Å². The van der Waals surface area contributed by atoms with Gasteiger partial charge in [0.2, 0.25) is 5.91 Å². The number of H-pyrrole nitrogens is 1. The molecule has 0 aromatic carbocycles. The Balaban J connectivity index is 1.65. The third-order valence-corrected chi connectivity index (χ3v) is 4.67. The van der Waals surface area contributed by atoms with Crippen molar-refractivity contribution in [1.82, 2.24) is 19.7 Å². The molecule has 4 heterocycles. The highest BCUT2D eigenvalue weighted by Crippen LogP contribution is 2.24. The molecule has 1 aliphatic heterocycles. The second-order valence-corrected chi connectivity index (χ2v) is 6.09. The first kappa shape index (κ1) is 13.2. The van der Waals surface area contributed by atoms with E-state index in [-0.39, 0.29) is 18.0 Å². The maximum absolute atomic E-state index is 12.6. The molecule has 1 N–H and O–H groups in total. The average molecular weight is 315 g/mol. The maximum Gasteiger partial charge on any atom is 0.262 e. The van der Waals surface area contributed by atoms with E-state index in [1.807, 2.05) is 5.38 Å². The molecule has 3 aromatic heterocycles. The number of hydrogen-bond acceptors (Lipinski definition) is 5. The van der Waals surface area contributed by atoms with Crippen LogP contribution in [0.5, 0.6) is 0 Å². The first-order valence-corrected chi connectivity index (χ1v) is 7.87. The van der Waals surface area contributed by atoms with Crippen molar-refractivity contribution in [3.05, 3.63) is 40.0 Å². The van der Waals surface area contributed by atoms with E-state index in [0.717, 1.165) is 24.2 Å². The third-order valence-electron chi connectivity index (χ3n) is 3.85. The van der Waals surface area contributed by atoms with Crippen LogP contribution in [0, 0.1) is 0 Å². The Kier molecular flexibility index (Phi) is 3.04. The molecule has 3 aromatic rings. The Labute approximate surface area is 129 Å². The summed E-state index contributed by atoms with van der Waals surface area (Å²) in [5.41, 5.74) is 1.61. The van der Waals surface area contributed by atoms with Gasteiger partial charge in [0.1, 0.15) is 11.4 Å². The molecule has 0 unspecified atom stereocenters. The largest absolute Gasteiger partial charge is 0.308 e. The van der Waals surface area contributed by atoms with Gasteiger partial charge in [-0.25, -0.2) is 4.98 Å². The van der Waals surface area contributed by atoms with Crippen LogP contribution in [0.1, 0.15) is 12.1 Å². The van der Waals surface area contributed by atoms with Crippen molar-refractivity contribution >= 4 is 33.1 Å². The summed E-state index contributed by atoms with van der Waals surface area (Å²) in [5, 5.41) is 9.30. The molecule has 0 saturated heterocycles. The van der Waals surface area contributed by atoms with Crippen molar-refractivity contribution in [2.75, 3.05) is 11.4 Å². The number of carbonyl (C=O) groups excluding carboxylic acids is 1. The number of thiophene rings is 1. The van der Waals surface area contributed by atoms with E-state index in [1.165, 1.54) is 22.2 Å². The van der Waals surface area contributed by atoms with E-state index in [2.05, 4.69) is 15.2 Å². The second-order valence-electron chi connectivity index (χ2n) is 5.20. The molecule has 0 atom stereocenters. The minimum absolute atomic E-state index is 0.0117. The van der Waals surface area contributed by atoms with Crippen LogP contribution in [0.3, 0.4) is 0 Å². The fourth-order valence-electron chi connectivity index (χ4n) is 2.75. The first-order valence-electron chi connectivity index (χ1n) is 6.99. The van der Waals surface area contributed by atoms with Gasteiger partial charge >= 0.3 is 0 Å². The smallest absolute Gasteiger partial charge is 0.262 e. The van der Waals surface area contributed by atoms with E-state index in [9.17, 15) is 9.59 Å². The molecule has 0 saturated carbocycles. The Morgan fingerprint density at radius 2 is 2.36 bits per heavy atom. The fraction of sp³-hybridized carbons (Fsp3) is 0.286. The van der Waals surface area contributed by atoms with Gasteiger partial charge in [0, 0.05) is 6.54 Å². The van der Waals surface area contributed by atoms with Crippen molar-refractivity contribution in [2.45, 2.75) is 19.4 Å². The molecule has 8 heteroatoms. The minimum atomic E-state index is -0.177. The summed E-state index contributed by atoms with van der Waals surface area (Å²) < 4.78 is 1.37. The zero-order valence-electron chi connectivity index (χ0n) is 11.7. The number of aromatic nitrogens is 4. The van der Waals surface area contributed by atoms with E-state index in [4.69, 9.17) is 0 Å². The molecule has 0 aliphatic carbocycles. The number of anilines is 1. The summed E-state index contributed by atoms with van der Waals surface area (Å²) in [6.45, 7) is 0.635. The van der Waals surface area contributed by atoms with Crippen LogP contribution < -0.4 is 10.5 Å². The number of aryl methyl sites for hydroxylation is 1. The molecule has 1 amide bonds. The lowest BCUT2D eigenvalue weighted by molar-refractivity contribution is -0.119. The van der Waals surface area contributed by atoms with Crippen LogP contribution in [0.25, 0.3) is 10.2 Å². The molecule has 1 aliphatic rings. The standard InChI is InChI=1S/C14H13N5O2S/c20-12(19-4-1-2-10-11(19)6-16-17-10)7-18-8-15-13-9(14(18)21)3-5-22-13/h3,5-6,8H,1-2,4,7H2,(H,16,17). The Hall–Kier alpha value is -2.48. The van der Waals surface area contributed by atoms with E-state index < -0.39 is 0 Å². The third kappa shape index (κ3) is 2.03. The van der Waals surface area contributed by atoms with Crippen molar-refractivity contribution in [2.24, 2.45) is 0 Å². The highest BCUT2D eigenvalue weighted by molar-refractivity contribution is 7.16. The zero-order chi connectivity index (χ0) is 15.1. The number of nitrogens with zero attached hydrogens (tertiary/aromatic N) is 4. The lowest BCUT2D eigenvalue weighted by Crippen LogP contribution is -2.39. The first-order chi connectivity index (χ1) is 10.7. The molecule has 7 nitrogen and oxygen atoms in total. The Morgan fingerprint density at radius 1 is 1.45 bits per heavy atom. The molecule has 112 valence electrons. The van der Waals surface area contributed by atoms with Gasteiger partial charge < -0.3 is 4.90 Å². The van der Waals surface area contributed by atoms with Crippen molar-refractivity contribution in [3.63, 3.8) is 0 Å². The van der Waals surface area contributed by atoms with Crippen molar-refractivity contribution < 1.29 is 4.79 Å². The highest BCUT2D eigenvalue weighted by atomic mass is 32.1. The summed E-state index contributed by atoms with van der Waals surface area (Å²) in [6.07, 6.45) is 4.88. The number of aromatic amines is 1. The van der Waals surface area contributed by atoms with Crippen LogP contribution in [0.15, 0.2) is 28.8 Å². The molecule has 0 radical (unpaired) electrons. The fourth-order valence-corrected chi connectivity index (χ4v) is 3.48. The van der Waals surface area contributed by atoms with E-state index in [0.29, 0.717) is 16.8 Å². The molecule has 0 bridgehead atoms. The Morgan fingerprint density at radius 3 is 3.27 bits per heavy atom. The number of hydrogen-bond donors (Lipinski definition) is 1. The van der Waals surface area contributed by atoms with E-state index in [1.54, 1.807) is 17.2 Å².